The molecule has 1 unspecified atom stereocenters. The number of β-amino-alcohol motifs (C(OH)–C–C–N with tert-alkyl or cyclic N) is 1. The minimum Gasteiger partial charge on any atom is -0.392 e. The molecule has 0 saturated carbocycles. The highest BCUT2D eigenvalue weighted by atomic mass is 35.5. The molecule has 0 radical (unpaired) electrons. The fourth-order valence-corrected chi connectivity index (χ4v) is 2.89. The van der Waals surface area contributed by atoms with Gasteiger partial charge < -0.3 is 25.0 Å². The lowest BCUT2D eigenvalue weighted by atomic mass is 9.96. The molecular formula is C15H31Cl2N3O3. The number of halogens is 2. The molecule has 2 heterocycles. The van der Waals surface area contributed by atoms with Crippen LogP contribution < -0.4 is 5.32 Å². The maximum atomic E-state index is 12.0. The fraction of sp³-hybridized carbons (Fsp3) is 0.933. The van der Waals surface area contributed by atoms with E-state index in [0.29, 0.717) is 5.92 Å². The van der Waals surface area contributed by atoms with Gasteiger partial charge in [-0.1, -0.05) is 0 Å². The first kappa shape index (κ1) is 22.9. The molecule has 2 aliphatic rings. The number of ether oxygens (including phenoxy) is 1. The molecule has 8 heteroatoms. The van der Waals surface area contributed by atoms with Crippen molar-refractivity contribution in [2.75, 3.05) is 52.9 Å². The van der Waals surface area contributed by atoms with E-state index in [2.05, 4.69) is 10.2 Å². The number of nitrogens with zero attached hydrogens (tertiary/aromatic N) is 2. The number of piperidine rings is 1. The molecule has 0 aromatic heterocycles. The molecule has 2 fully saturated rings. The number of hydrogen-bond acceptors (Lipinski definition) is 5. The van der Waals surface area contributed by atoms with Crippen molar-refractivity contribution < 1.29 is 14.6 Å². The molecule has 2 N–H and O–H groups in total. The van der Waals surface area contributed by atoms with Crippen molar-refractivity contribution in [1.82, 2.24) is 15.1 Å². The monoisotopic (exact) mass is 371 g/mol. The van der Waals surface area contributed by atoms with Crippen LogP contribution in [0.4, 0.5) is 0 Å². The van der Waals surface area contributed by atoms with Gasteiger partial charge in [-0.2, -0.15) is 0 Å². The van der Waals surface area contributed by atoms with Crippen LogP contribution in [0.3, 0.4) is 0 Å². The van der Waals surface area contributed by atoms with Crippen molar-refractivity contribution >= 4 is 30.7 Å². The molecule has 0 aromatic carbocycles. The number of rotatable bonds is 7. The molecule has 2 aliphatic heterocycles. The van der Waals surface area contributed by atoms with Crippen LogP contribution in [0.15, 0.2) is 0 Å². The van der Waals surface area contributed by atoms with Gasteiger partial charge in [-0.25, -0.2) is 0 Å². The summed E-state index contributed by atoms with van der Waals surface area (Å²) in [6.07, 6.45) is 2.14. The Kier molecular flexibility index (Phi) is 11.4. The molecular weight excluding hydrogens is 341 g/mol. The molecule has 138 valence electrons. The summed E-state index contributed by atoms with van der Waals surface area (Å²) in [5.74, 6) is 0.642. The lowest BCUT2D eigenvalue weighted by Crippen LogP contribution is -2.50. The summed E-state index contributed by atoms with van der Waals surface area (Å²) in [4.78, 5) is 16.1. The second kappa shape index (κ2) is 11.4. The zero-order chi connectivity index (χ0) is 15.2. The minimum absolute atomic E-state index is 0. The molecule has 1 amide bonds. The lowest BCUT2D eigenvalue weighted by molar-refractivity contribution is -0.138. The van der Waals surface area contributed by atoms with E-state index in [9.17, 15) is 9.90 Å². The Morgan fingerprint density at radius 2 is 1.96 bits per heavy atom. The summed E-state index contributed by atoms with van der Waals surface area (Å²) in [7, 11) is 1.87. The number of likely N-dealkylation sites (tertiary alicyclic amines) is 1. The van der Waals surface area contributed by atoms with E-state index in [4.69, 9.17) is 4.74 Å². The zero-order valence-electron chi connectivity index (χ0n) is 14.1. The number of carbonyl (C=O) groups excluding carboxylic acids is 1. The van der Waals surface area contributed by atoms with Gasteiger partial charge >= 0.3 is 0 Å². The highest BCUT2D eigenvalue weighted by molar-refractivity contribution is 5.85. The van der Waals surface area contributed by atoms with Gasteiger partial charge in [0.1, 0.15) is 6.61 Å². The summed E-state index contributed by atoms with van der Waals surface area (Å²) in [6.45, 7) is 7.35. The third-order valence-corrected chi connectivity index (χ3v) is 4.37. The quantitative estimate of drug-likeness (QED) is 0.676. The highest BCUT2D eigenvalue weighted by Gasteiger charge is 2.24. The average Bonchev–Trinajstić information content (AvgIpc) is 2.38. The third-order valence-electron chi connectivity index (χ3n) is 4.37. The number of likely N-dealkylation sites (N-methyl/N-ethyl adjacent to an activating group) is 1. The summed E-state index contributed by atoms with van der Waals surface area (Å²) in [5.41, 5.74) is 0. The van der Waals surface area contributed by atoms with Crippen LogP contribution in [-0.2, 0) is 9.53 Å². The molecule has 2 rings (SSSR count). The maximum absolute atomic E-state index is 12.0. The summed E-state index contributed by atoms with van der Waals surface area (Å²) in [6, 6.07) is 0. The van der Waals surface area contributed by atoms with E-state index in [1.54, 1.807) is 4.90 Å². The lowest BCUT2D eigenvalue weighted by Gasteiger charge is -2.34. The molecule has 0 spiro atoms. The molecule has 0 bridgehead atoms. The van der Waals surface area contributed by atoms with Crippen molar-refractivity contribution in [3.05, 3.63) is 0 Å². The smallest absolute Gasteiger partial charge is 0.248 e. The van der Waals surface area contributed by atoms with Gasteiger partial charge in [-0.05, 0) is 38.8 Å². The first-order chi connectivity index (χ1) is 10.0. The van der Waals surface area contributed by atoms with E-state index in [-0.39, 0.29) is 49.5 Å². The van der Waals surface area contributed by atoms with E-state index < -0.39 is 0 Å². The summed E-state index contributed by atoms with van der Waals surface area (Å²) in [5, 5.41) is 12.5. The highest BCUT2D eigenvalue weighted by Crippen LogP contribution is 2.18. The van der Waals surface area contributed by atoms with Crippen LogP contribution >= 0.6 is 24.8 Å². The Morgan fingerprint density at radius 1 is 1.35 bits per heavy atom. The number of carbonyl (C=O) groups is 1. The van der Waals surface area contributed by atoms with Gasteiger partial charge in [0.15, 0.2) is 0 Å². The number of aliphatic hydroxyl groups excluding tert-OH is 1. The van der Waals surface area contributed by atoms with E-state index >= 15 is 0 Å². The van der Waals surface area contributed by atoms with Gasteiger partial charge in [0.25, 0.3) is 0 Å². The molecule has 0 aliphatic carbocycles. The molecule has 2 saturated heterocycles. The van der Waals surface area contributed by atoms with Crippen LogP contribution in [0.1, 0.15) is 19.8 Å². The minimum atomic E-state index is -0.260. The second-order valence-corrected chi connectivity index (χ2v) is 6.46. The number of amides is 1. The Labute approximate surface area is 151 Å². The Morgan fingerprint density at radius 3 is 2.43 bits per heavy atom. The van der Waals surface area contributed by atoms with Gasteiger partial charge in [-0.3, -0.25) is 4.79 Å². The van der Waals surface area contributed by atoms with Crippen LogP contribution in [0.5, 0.6) is 0 Å². The Balaban J connectivity index is 0.00000242. The van der Waals surface area contributed by atoms with Gasteiger partial charge in [0.2, 0.25) is 5.91 Å². The van der Waals surface area contributed by atoms with E-state index in [0.717, 1.165) is 52.1 Å². The molecule has 23 heavy (non-hydrogen) atoms. The van der Waals surface area contributed by atoms with Crippen molar-refractivity contribution in [2.24, 2.45) is 5.92 Å². The normalized spacial score (nSPS) is 20.8. The summed E-state index contributed by atoms with van der Waals surface area (Å²) < 4.78 is 5.52. The Bertz CT molecular complexity index is 336. The largest absolute Gasteiger partial charge is 0.392 e. The van der Waals surface area contributed by atoms with Crippen molar-refractivity contribution in [1.29, 1.82) is 0 Å². The second-order valence-electron chi connectivity index (χ2n) is 6.46. The zero-order valence-corrected chi connectivity index (χ0v) is 15.7. The van der Waals surface area contributed by atoms with E-state index in [1.807, 2.05) is 14.0 Å². The van der Waals surface area contributed by atoms with Crippen LogP contribution in [0.25, 0.3) is 0 Å². The predicted octanol–water partition coefficient (Wildman–Crippen LogP) is 0.370. The van der Waals surface area contributed by atoms with Crippen molar-refractivity contribution in [3.63, 3.8) is 0 Å². The van der Waals surface area contributed by atoms with Gasteiger partial charge in [0, 0.05) is 33.2 Å². The molecule has 0 aromatic rings. The van der Waals surface area contributed by atoms with Crippen molar-refractivity contribution in [2.45, 2.75) is 32.0 Å². The van der Waals surface area contributed by atoms with Crippen molar-refractivity contribution in [3.8, 4) is 0 Å². The third kappa shape index (κ3) is 8.01. The van der Waals surface area contributed by atoms with Crippen LogP contribution in [0.2, 0.25) is 0 Å². The average molecular weight is 372 g/mol. The molecule has 6 nitrogen and oxygen atoms in total. The van der Waals surface area contributed by atoms with Crippen LogP contribution in [0, 0.1) is 5.92 Å². The first-order valence-electron chi connectivity index (χ1n) is 8.01. The standard InChI is InChI=1S/C15H29N3O3.2ClH/c1-12(19)9-18-5-3-13(4-6-18)10-17(2)15(20)11-21-14-7-16-8-14;;/h12-14,16,19H,3-11H2,1-2H3;2*1H. The topological polar surface area (TPSA) is 65.0 Å². The Hall–Kier alpha value is -0.110. The maximum Gasteiger partial charge on any atom is 0.248 e. The predicted molar refractivity (Wildman–Crippen MR) is 95.6 cm³/mol. The number of aliphatic hydroxyl groups is 1. The number of nitrogens with one attached hydrogen (secondary N) is 1. The first-order valence-corrected chi connectivity index (χ1v) is 8.01. The summed E-state index contributed by atoms with van der Waals surface area (Å²) >= 11 is 0. The molecule has 1 atom stereocenters. The van der Waals surface area contributed by atoms with Gasteiger partial charge in [0.05, 0.1) is 12.2 Å². The van der Waals surface area contributed by atoms with Gasteiger partial charge in [-0.15, -0.1) is 24.8 Å². The number of hydrogen-bond donors (Lipinski definition) is 2. The fourth-order valence-electron chi connectivity index (χ4n) is 2.89. The van der Waals surface area contributed by atoms with E-state index in [1.165, 1.54) is 0 Å². The SMILES string of the molecule is CC(O)CN1CCC(CN(C)C(=O)COC2CNC2)CC1.Cl.Cl. The van der Waals surface area contributed by atoms with Crippen LogP contribution in [-0.4, -0.2) is 85.9 Å².